The molecule has 2 rings (SSSR count). The van der Waals surface area contributed by atoms with Gasteiger partial charge in [0.1, 0.15) is 11.6 Å². The third kappa shape index (κ3) is 2.75. The van der Waals surface area contributed by atoms with E-state index >= 15 is 0 Å². The van der Waals surface area contributed by atoms with Gasteiger partial charge in [-0.3, -0.25) is 0 Å². The first kappa shape index (κ1) is 12.3. The minimum Gasteiger partial charge on any atom is -0.392 e. The number of nitrogens with zero attached hydrogens (tertiary/aromatic N) is 2. The molecule has 1 fully saturated rings. The fourth-order valence-corrected chi connectivity index (χ4v) is 2.47. The number of aromatic nitrogens is 1. The van der Waals surface area contributed by atoms with E-state index in [-0.39, 0.29) is 12.4 Å². The van der Waals surface area contributed by atoms with Crippen molar-refractivity contribution >= 4 is 5.82 Å². The predicted octanol–water partition coefficient (Wildman–Crippen LogP) is 2.34. The van der Waals surface area contributed by atoms with Crippen LogP contribution in [0.4, 0.5) is 10.2 Å². The summed E-state index contributed by atoms with van der Waals surface area (Å²) in [6.07, 6.45) is 4.78. The molecule has 1 aromatic heterocycles. The Morgan fingerprint density at radius 1 is 1.59 bits per heavy atom. The normalized spacial score (nSPS) is 20.6. The van der Waals surface area contributed by atoms with Crippen LogP contribution in [0.25, 0.3) is 0 Å². The standard InChI is InChI=1S/C13H19FN2O/c1-2-10-4-3-5-16(8-10)13-11(9-17)6-12(14)7-15-13/h6-7,10,17H,2-5,8-9H2,1H3. The predicted molar refractivity (Wildman–Crippen MR) is 65.3 cm³/mol. The Morgan fingerprint density at radius 2 is 2.41 bits per heavy atom. The number of pyridine rings is 1. The van der Waals surface area contributed by atoms with Crippen LogP contribution in [-0.2, 0) is 6.61 Å². The summed E-state index contributed by atoms with van der Waals surface area (Å²) >= 11 is 0. The molecule has 0 saturated carbocycles. The molecule has 1 atom stereocenters. The van der Waals surface area contributed by atoms with Gasteiger partial charge in [-0.25, -0.2) is 9.37 Å². The second kappa shape index (κ2) is 5.45. The van der Waals surface area contributed by atoms with Crippen molar-refractivity contribution in [2.45, 2.75) is 32.8 Å². The molecule has 0 aromatic carbocycles. The molecule has 2 heterocycles. The molecule has 4 heteroatoms. The Labute approximate surface area is 101 Å². The van der Waals surface area contributed by atoms with E-state index in [1.165, 1.54) is 18.7 Å². The first-order chi connectivity index (χ1) is 8.24. The van der Waals surface area contributed by atoms with Crippen LogP contribution in [0.2, 0.25) is 0 Å². The van der Waals surface area contributed by atoms with E-state index in [4.69, 9.17) is 0 Å². The number of piperidine rings is 1. The van der Waals surface area contributed by atoms with E-state index in [1.807, 2.05) is 0 Å². The fourth-order valence-electron chi connectivity index (χ4n) is 2.47. The van der Waals surface area contributed by atoms with Crippen LogP contribution in [0.3, 0.4) is 0 Å². The number of halogens is 1. The van der Waals surface area contributed by atoms with Gasteiger partial charge in [-0.15, -0.1) is 0 Å². The third-order valence-electron chi connectivity index (χ3n) is 3.48. The number of aliphatic hydroxyl groups excluding tert-OH is 1. The van der Waals surface area contributed by atoms with Gasteiger partial charge in [-0.1, -0.05) is 13.3 Å². The SMILES string of the molecule is CCC1CCCN(c2ncc(F)cc2CO)C1. The summed E-state index contributed by atoms with van der Waals surface area (Å²) in [4.78, 5) is 6.30. The molecule has 0 bridgehead atoms. The Kier molecular flexibility index (Phi) is 3.94. The molecular weight excluding hydrogens is 219 g/mol. The summed E-state index contributed by atoms with van der Waals surface area (Å²) in [7, 11) is 0. The van der Waals surface area contributed by atoms with Crippen molar-refractivity contribution < 1.29 is 9.50 Å². The number of hydrogen-bond acceptors (Lipinski definition) is 3. The zero-order valence-corrected chi connectivity index (χ0v) is 10.2. The van der Waals surface area contributed by atoms with Gasteiger partial charge in [0.25, 0.3) is 0 Å². The van der Waals surface area contributed by atoms with Crippen molar-refractivity contribution in [1.82, 2.24) is 4.98 Å². The summed E-state index contributed by atoms with van der Waals surface area (Å²) in [6.45, 7) is 3.94. The van der Waals surface area contributed by atoms with E-state index in [0.717, 1.165) is 31.7 Å². The number of hydrogen-bond donors (Lipinski definition) is 1. The largest absolute Gasteiger partial charge is 0.392 e. The van der Waals surface area contributed by atoms with Crippen LogP contribution in [0.1, 0.15) is 31.7 Å². The van der Waals surface area contributed by atoms with Gasteiger partial charge < -0.3 is 10.0 Å². The summed E-state index contributed by atoms with van der Waals surface area (Å²) in [6, 6.07) is 1.37. The van der Waals surface area contributed by atoms with Gasteiger partial charge >= 0.3 is 0 Å². The highest BCUT2D eigenvalue weighted by Gasteiger charge is 2.21. The van der Waals surface area contributed by atoms with E-state index < -0.39 is 0 Å². The molecule has 0 aliphatic carbocycles. The van der Waals surface area contributed by atoms with Gasteiger partial charge in [-0.05, 0) is 24.8 Å². The van der Waals surface area contributed by atoms with Gasteiger partial charge in [0.15, 0.2) is 0 Å². The Bertz CT molecular complexity index is 384. The molecule has 1 N–H and O–H groups in total. The molecule has 0 spiro atoms. The average molecular weight is 238 g/mol. The molecule has 1 unspecified atom stereocenters. The summed E-state index contributed by atoms with van der Waals surface area (Å²) in [5.74, 6) is 1.04. The molecule has 3 nitrogen and oxygen atoms in total. The number of rotatable bonds is 3. The average Bonchev–Trinajstić information content (AvgIpc) is 2.38. The van der Waals surface area contributed by atoms with Crippen LogP contribution in [0.15, 0.2) is 12.3 Å². The quantitative estimate of drug-likeness (QED) is 0.878. The van der Waals surface area contributed by atoms with Crippen LogP contribution in [-0.4, -0.2) is 23.2 Å². The highest BCUT2D eigenvalue weighted by Crippen LogP contribution is 2.26. The van der Waals surface area contributed by atoms with Crippen LogP contribution in [0.5, 0.6) is 0 Å². The third-order valence-corrected chi connectivity index (χ3v) is 3.48. The molecule has 1 aromatic rings. The van der Waals surface area contributed by atoms with Gasteiger partial charge in [0.2, 0.25) is 0 Å². The lowest BCUT2D eigenvalue weighted by molar-refractivity contribution is 0.280. The molecule has 0 amide bonds. The highest BCUT2D eigenvalue weighted by molar-refractivity contribution is 5.47. The number of anilines is 1. The maximum Gasteiger partial charge on any atom is 0.142 e. The van der Waals surface area contributed by atoms with E-state index in [2.05, 4.69) is 16.8 Å². The summed E-state index contributed by atoms with van der Waals surface area (Å²) in [5.41, 5.74) is 0.585. The Hall–Kier alpha value is -1.16. The van der Waals surface area contributed by atoms with E-state index in [9.17, 15) is 9.50 Å². The monoisotopic (exact) mass is 238 g/mol. The molecule has 1 saturated heterocycles. The lowest BCUT2D eigenvalue weighted by Gasteiger charge is -2.34. The molecule has 1 aliphatic heterocycles. The Balaban J connectivity index is 2.20. The maximum absolute atomic E-state index is 13.1. The van der Waals surface area contributed by atoms with Crippen LogP contribution < -0.4 is 4.90 Å². The fraction of sp³-hybridized carbons (Fsp3) is 0.615. The molecule has 1 aliphatic rings. The van der Waals surface area contributed by atoms with Gasteiger partial charge in [-0.2, -0.15) is 0 Å². The van der Waals surface area contributed by atoms with Crippen molar-refractivity contribution in [2.75, 3.05) is 18.0 Å². The minimum atomic E-state index is -0.387. The van der Waals surface area contributed by atoms with E-state index in [0.29, 0.717) is 11.5 Å². The van der Waals surface area contributed by atoms with Crippen molar-refractivity contribution in [3.05, 3.63) is 23.6 Å². The molecule has 0 radical (unpaired) electrons. The van der Waals surface area contributed by atoms with Crippen LogP contribution >= 0.6 is 0 Å². The summed E-state index contributed by atoms with van der Waals surface area (Å²) in [5, 5.41) is 9.26. The Morgan fingerprint density at radius 3 is 3.12 bits per heavy atom. The van der Waals surface area contributed by atoms with Crippen molar-refractivity contribution in [2.24, 2.45) is 5.92 Å². The smallest absolute Gasteiger partial charge is 0.142 e. The first-order valence-electron chi connectivity index (χ1n) is 6.24. The van der Waals surface area contributed by atoms with Gasteiger partial charge in [0.05, 0.1) is 12.8 Å². The first-order valence-corrected chi connectivity index (χ1v) is 6.24. The lowest BCUT2D eigenvalue weighted by atomic mass is 9.95. The molecule has 94 valence electrons. The van der Waals surface area contributed by atoms with Gasteiger partial charge in [0, 0.05) is 18.7 Å². The molecule has 17 heavy (non-hydrogen) atoms. The minimum absolute atomic E-state index is 0.159. The van der Waals surface area contributed by atoms with Crippen molar-refractivity contribution in [1.29, 1.82) is 0 Å². The topological polar surface area (TPSA) is 36.4 Å². The highest BCUT2D eigenvalue weighted by atomic mass is 19.1. The van der Waals surface area contributed by atoms with Crippen molar-refractivity contribution in [3.63, 3.8) is 0 Å². The number of aliphatic hydroxyl groups is 1. The second-order valence-electron chi connectivity index (χ2n) is 4.66. The van der Waals surface area contributed by atoms with Crippen molar-refractivity contribution in [3.8, 4) is 0 Å². The second-order valence-corrected chi connectivity index (χ2v) is 4.66. The zero-order valence-electron chi connectivity index (χ0n) is 10.2. The van der Waals surface area contributed by atoms with E-state index in [1.54, 1.807) is 0 Å². The maximum atomic E-state index is 13.1. The zero-order chi connectivity index (χ0) is 12.3. The lowest BCUT2D eigenvalue weighted by Crippen LogP contribution is -2.36. The van der Waals surface area contributed by atoms with Crippen LogP contribution in [0, 0.1) is 11.7 Å². The molecular formula is C13H19FN2O. The summed E-state index contributed by atoms with van der Waals surface area (Å²) < 4.78 is 13.1.